The molecule has 0 amide bonds. The van der Waals surface area contributed by atoms with Crippen molar-refractivity contribution in [3.05, 3.63) is 33.2 Å². The van der Waals surface area contributed by atoms with Gasteiger partial charge in [-0.15, -0.1) is 0 Å². The summed E-state index contributed by atoms with van der Waals surface area (Å²) in [7, 11) is 0. The fourth-order valence-electron chi connectivity index (χ4n) is 0.936. The minimum absolute atomic E-state index is 0.113. The number of aromatic nitrogens is 1. The van der Waals surface area contributed by atoms with Gasteiger partial charge in [0.1, 0.15) is 0 Å². The van der Waals surface area contributed by atoms with Crippen molar-refractivity contribution in [3.63, 3.8) is 0 Å². The van der Waals surface area contributed by atoms with Crippen LogP contribution >= 0.6 is 15.9 Å². The van der Waals surface area contributed by atoms with E-state index in [-0.39, 0.29) is 5.56 Å². The lowest BCUT2D eigenvalue weighted by Crippen LogP contribution is -2.24. The molecule has 0 bridgehead atoms. The van der Waals surface area contributed by atoms with Gasteiger partial charge in [-0.3, -0.25) is 4.79 Å². The maximum absolute atomic E-state index is 11.3. The van der Waals surface area contributed by atoms with Crippen molar-refractivity contribution >= 4 is 15.9 Å². The van der Waals surface area contributed by atoms with Gasteiger partial charge in [-0.1, -0.05) is 0 Å². The minimum atomic E-state index is -0.503. The molecule has 0 saturated heterocycles. The van der Waals surface area contributed by atoms with E-state index in [1.54, 1.807) is 25.3 Å². The number of aliphatic hydroxyl groups excluding tert-OH is 1. The van der Waals surface area contributed by atoms with Crippen LogP contribution in [0.5, 0.6) is 0 Å². The second-order valence-electron chi connectivity index (χ2n) is 2.66. The smallest absolute Gasteiger partial charge is 0.264 e. The Kier molecular flexibility index (Phi) is 3.05. The topological polar surface area (TPSA) is 42.2 Å². The van der Waals surface area contributed by atoms with E-state index >= 15 is 0 Å². The van der Waals surface area contributed by atoms with E-state index in [4.69, 9.17) is 5.11 Å². The first-order chi connectivity index (χ1) is 5.61. The maximum atomic E-state index is 11.3. The Labute approximate surface area is 78.8 Å². The highest BCUT2D eigenvalue weighted by Gasteiger charge is 2.01. The van der Waals surface area contributed by atoms with Gasteiger partial charge in [-0.25, -0.2) is 0 Å². The maximum Gasteiger partial charge on any atom is 0.264 e. The lowest BCUT2D eigenvalue weighted by atomic mass is 10.4. The number of hydrogen-bond donors (Lipinski definition) is 1. The van der Waals surface area contributed by atoms with Gasteiger partial charge in [0.2, 0.25) is 0 Å². The minimum Gasteiger partial charge on any atom is -0.392 e. The molecule has 12 heavy (non-hydrogen) atoms. The molecule has 1 aromatic rings. The van der Waals surface area contributed by atoms with Gasteiger partial charge in [-0.05, 0) is 35.0 Å². The second kappa shape index (κ2) is 3.87. The molecule has 66 valence electrons. The summed E-state index contributed by atoms with van der Waals surface area (Å²) >= 11 is 3.12. The third-order valence-corrected chi connectivity index (χ3v) is 2.04. The summed E-state index contributed by atoms with van der Waals surface area (Å²) in [4.78, 5) is 11.3. The molecule has 0 spiro atoms. The highest BCUT2D eigenvalue weighted by atomic mass is 79.9. The van der Waals surface area contributed by atoms with Gasteiger partial charge in [0, 0.05) is 6.20 Å². The van der Waals surface area contributed by atoms with Gasteiger partial charge in [0.15, 0.2) is 0 Å². The number of halogens is 1. The van der Waals surface area contributed by atoms with Gasteiger partial charge in [-0.2, -0.15) is 0 Å². The summed E-state index contributed by atoms with van der Waals surface area (Å²) in [5.41, 5.74) is -0.113. The van der Waals surface area contributed by atoms with Crippen LogP contribution in [-0.2, 0) is 6.54 Å². The molecule has 0 aliphatic rings. The average Bonchev–Trinajstić information content (AvgIpc) is 1.98. The van der Waals surface area contributed by atoms with Crippen LogP contribution < -0.4 is 5.56 Å². The number of pyridine rings is 1. The Morgan fingerprint density at radius 1 is 1.75 bits per heavy atom. The van der Waals surface area contributed by atoms with Crippen molar-refractivity contribution in [3.8, 4) is 0 Å². The van der Waals surface area contributed by atoms with Gasteiger partial charge >= 0.3 is 0 Å². The third kappa shape index (κ3) is 2.19. The summed E-state index contributed by atoms with van der Waals surface area (Å²) in [5.74, 6) is 0. The number of aliphatic hydroxyl groups is 1. The molecule has 0 radical (unpaired) electrons. The molecule has 1 heterocycles. The Bertz CT molecular complexity index is 319. The zero-order valence-electron chi connectivity index (χ0n) is 6.70. The van der Waals surface area contributed by atoms with Crippen molar-refractivity contribution in [1.29, 1.82) is 0 Å². The molecule has 0 aliphatic heterocycles. The molecule has 1 aromatic heterocycles. The van der Waals surface area contributed by atoms with Crippen LogP contribution in [0.3, 0.4) is 0 Å². The van der Waals surface area contributed by atoms with E-state index in [2.05, 4.69) is 15.9 Å². The highest BCUT2D eigenvalue weighted by Crippen LogP contribution is 2.00. The summed E-state index contributed by atoms with van der Waals surface area (Å²) in [5, 5.41) is 9.05. The molecule has 4 heteroatoms. The predicted molar refractivity (Wildman–Crippen MR) is 50.1 cm³/mol. The SMILES string of the molecule is CC(O)Cn1cccc(Br)c1=O. The van der Waals surface area contributed by atoms with Crippen LogP contribution in [0.2, 0.25) is 0 Å². The average molecular weight is 232 g/mol. The second-order valence-corrected chi connectivity index (χ2v) is 3.52. The Hall–Kier alpha value is -0.610. The third-order valence-electron chi connectivity index (χ3n) is 1.43. The Morgan fingerprint density at radius 3 is 3.00 bits per heavy atom. The first-order valence-electron chi connectivity index (χ1n) is 3.64. The summed E-state index contributed by atoms with van der Waals surface area (Å²) in [6.45, 7) is 1.98. The lowest BCUT2D eigenvalue weighted by molar-refractivity contribution is 0.172. The highest BCUT2D eigenvalue weighted by molar-refractivity contribution is 9.10. The van der Waals surface area contributed by atoms with Crippen LogP contribution in [0.4, 0.5) is 0 Å². The van der Waals surface area contributed by atoms with E-state index in [1.807, 2.05) is 0 Å². The molecule has 0 aromatic carbocycles. The van der Waals surface area contributed by atoms with Crippen LogP contribution in [0.15, 0.2) is 27.6 Å². The monoisotopic (exact) mass is 231 g/mol. The van der Waals surface area contributed by atoms with Gasteiger partial charge < -0.3 is 9.67 Å². The number of rotatable bonds is 2. The fraction of sp³-hybridized carbons (Fsp3) is 0.375. The fourth-order valence-corrected chi connectivity index (χ4v) is 1.32. The quantitative estimate of drug-likeness (QED) is 0.826. The van der Waals surface area contributed by atoms with E-state index in [9.17, 15) is 4.79 Å². The molecule has 3 nitrogen and oxygen atoms in total. The van der Waals surface area contributed by atoms with E-state index < -0.39 is 6.10 Å². The van der Waals surface area contributed by atoms with Crippen molar-refractivity contribution in [2.24, 2.45) is 0 Å². The van der Waals surface area contributed by atoms with Crippen LogP contribution in [0, 0.1) is 0 Å². The standard InChI is InChI=1S/C8H10BrNO2/c1-6(11)5-10-4-2-3-7(9)8(10)12/h2-4,6,11H,5H2,1H3. The molecular weight excluding hydrogens is 222 g/mol. The zero-order chi connectivity index (χ0) is 9.14. The Morgan fingerprint density at radius 2 is 2.42 bits per heavy atom. The van der Waals surface area contributed by atoms with Gasteiger partial charge in [0.05, 0.1) is 17.1 Å². The van der Waals surface area contributed by atoms with E-state index in [0.717, 1.165) is 0 Å². The lowest BCUT2D eigenvalue weighted by Gasteiger charge is -2.07. The van der Waals surface area contributed by atoms with Crippen molar-refractivity contribution in [2.45, 2.75) is 19.6 Å². The summed E-state index contributed by atoms with van der Waals surface area (Å²) in [6, 6.07) is 3.44. The molecule has 0 fully saturated rings. The number of hydrogen-bond acceptors (Lipinski definition) is 2. The largest absolute Gasteiger partial charge is 0.392 e. The zero-order valence-corrected chi connectivity index (χ0v) is 8.28. The molecule has 0 saturated carbocycles. The predicted octanol–water partition coefficient (Wildman–Crippen LogP) is 0.992. The van der Waals surface area contributed by atoms with Crippen molar-refractivity contribution in [1.82, 2.24) is 4.57 Å². The van der Waals surface area contributed by atoms with Crippen LogP contribution in [-0.4, -0.2) is 15.8 Å². The summed E-state index contributed by atoms with van der Waals surface area (Å²) < 4.78 is 1.99. The van der Waals surface area contributed by atoms with Gasteiger partial charge in [0.25, 0.3) is 5.56 Å². The van der Waals surface area contributed by atoms with E-state index in [1.165, 1.54) is 4.57 Å². The molecule has 0 aliphatic carbocycles. The first kappa shape index (κ1) is 9.48. The first-order valence-corrected chi connectivity index (χ1v) is 4.43. The number of nitrogens with zero attached hydrogens (tertiary/aromatic N) is 1. The van der Waals surface area contributed by atoms with Crippen LogP contribution in [0.1, 0.15) is 6.92 Å². The molecule has 1 atom stereocenters. The van der Waals surface area contributed by atoms with E-state index in [0.29, 0.717) is 11.0 Å². The van der Waals surface area contributed by atoms with Crippen molar-refractivity contribution in [2.75, 3.05) is 0 Å². The van der Waals surface area contributed by atoms with Crippen molar-refractivity contribution < 1.29 is 5.11 Å². The normalized spacial score (nSPS) is 12.9. The molecule has 1 unspecified atom stereocenters. The molecule has 1 N–H and O–H groups in total. The summed E-state index contributed by atoms with van der Waals surface area (Å²) in [6.07, 6.45) is 1.15. The van der Waals surface area contributed by atoms with Crippen LogP contribution in [0.25, 0.3) is 0 Å². The molecular formula is C8H10BrNO2. The molecule has 1 rings (SSSR count). The Balaban J connectivity index is 3.01.